The third kappa shape index (κ3) is 1.12. The molecule has 2 rings (SSSR count). The van der Waals surface area contributed by atoms with Crippen molar-refractivity contribution in [1.29, 1.82) is 0 Å². The summed E-state index contributed by atoms with van der Waals surface area (Å²) in [5.41, 5.74) is 0. The van der Waals surface area contributed by atoms with E-state index in [9.17, 15) is 5.11 Å². The molecule has 3 nitrogen and oxygen atoms in total. The van der Waals surface area contributed by atoms with Crippen molar-refractivity contribution in [1.82, 2.24) is 0 Å². The number of hydrogen-bond acceptors (Lipinski definition) is 3. The van der Waals surface area contributed by atoms with Gasteiger partial charge in [-0.3, -0.25) is 0 Å². The molecule has 0 saturated heterocycles. The van der Waals surface area contributed by atoms with Gasteiger partial charge in [0.05, 0.1) is 6.26 Å². The second-order valence-electron chi connectivity index (χ2n) is 2.76. The van der Waals surface area contributed by atoms with E-state index in [1.807, 2.05) is 0 Å². The summed E-state index contributed by atoms with van der Waals surface area (Å²) in [6, 6.07) is 0. The van der Waals surface area contributed by atoms with Gasteiger partial charge in [-0.25, -0.2) is 0 Å². The maximum atomic E-state index is 9.50. The van der Waals surface area contributed by atoms with E-state index in [0.717, 1.165) is 0 Å². The van der Waals surface area contributed by atoms with E-state index in [1.165, 1.54) is 18.4 Å². The minimum absolute atomic E-state index is 0.519. The van der Waals surface area contributed by atoms with Crippen LogP contribution in [0.25, 0.3) is 0 Å². The average molecular weight is 176 g/mol. The first-order valence-corrected chi connectivity index (χ1v) is 3.84. The fourth-order valence-corrected chi connectivity index (χ4v) is 1.26. The van der Waals surface area contributed by atoms with Crippen molar-refractivity contribution >= 4 is 0 Å². The Bertz CT molecular complexity index is 346. The van der Waals surface area contributed by atoms with Crippen LogP contribution < -0.4 is 0 Å². The predicted octanol–water partition coefficient (Wildman–Crippen LogP) is 0.691. The van der Waals surface area contributed by atoms with Crippen molar-refractivity contribution < 1.29 is 14.6 Å². The van der Waals surface area contributed by atoms with E-state index in [1.54, 1.807) is 12.2 Å². The average Bonchev–Trinajstić information content (AvgIpc) is 2.64. The molecule has 0 aromatic carbocycles. The first-order valence-electron chi connectivity index (χ1n) is 3.84. The Morgan fingerprint density at radius 1 is 1.69 bits per heavy atom. The molecule has 0 aromatic heterocycles. The zero-order chi connectivity index (χ0) is 9.31. The van der Waals surface area contributed by atoms with Crippen molar-refractivity contribution in [2.75, 3.05) is 0 Å². The summed E-state index contributed by atoms with van der Waals surface area (Å²) in [5, 5.41) is 9.50. The molecule has 13 heavy (non-hydrogen) atoms. The summed E-state index contributed by atoms with van der Waals surface area (Å²) >= 11 is 0. The van der Waals surface area contributed by atoms with E-state index in [4.69, 9.17) is 15.9 Å². The van der Waals surface area contributed by atoms with Gasteiger partial charge in [0.25, 0.3) is 0 Å². The Kier molecular flexibility index (Phi) is 1.64. The lowest BCUT2D eigenvalue weighted by atomic mass is 10.2. The molecule has 2 aliphatic rings. The normalized spacial score (nSPS) is 37.8. The zero-order valence-electron chi connectivity index (χ0n) is 6.81. The van der Waals surface area contributed by atoms with Gasteiger partial charge in [0.15, 0.2) is 6.10 Å². The van der Waals surface area contributed by atoms with Gasteiger partial charge in [0, 0.05) is 12.2 Å². The molecule has 0 fully saturated rings. The van der Waals surface area contributed by atoms with Gasteiger partial charge in [-0.1, -0.05) is 5.92 Å². The molecule has 1 N–H and O–H groups in total. The lowest BCUT2D eigenvalue weighted by Gasteiger charge is -2.24. The Balaban J connectivity index is 2.21. The summed E-state index contributed by atoms with van der Waals surface area (Å²) < 4.78 is 10.5. The number of aliphatic hydroxyl groups excluding tert-OH is 1. The Morgan fingerprint density at radius 2 is 2.54 bits per heavy atom. The third-order valence-corrected chi connectivity index (χ3v) is 1.91. The topological polar surface area (TPSA) is 38.7 Å². The van der Waals surface area contributed by atoms with Crippen molar-refractivity contribution in [3.63, 3.8) is 0 Å². The van der Waals surface area contributed by atoms with Gasteiger partial charge in [0.1, 0.15) is 5.76 Å². The minimum Gasteiger partial charge on any atom is -0.454 e. The molecule has 2 heterocycles. The summed E-state index contributed by atoms with van der Waals surface area (Å²) in [6.45, 7) is 0. The highest BCUT2D eigenvalue weighted by Gasteiger charge is 2.45. The Hall–Kier alpha value is -1.66. The van der Waals surface area contributed by atoms with Crippen LogP contribution >= 0.6 is 0 Å². The first kappa shape index (κ1) is 7.96. The highest BCUT2D eigenvalue weighted by Crippen LogP contribution is 2.34. The van der Waals surface area contributed by atoms with Crippen molar-refractivity contribution in [2.24, 2.45) is 0 Å². The molecule has 2 unspecified atom stereocenters. The van der Waals surface area contributed by atoms with Gasteiger partial charge in [0.2, 0.25) is 0 Å². The lowest BCUT2D eigenvalue weighted by molar-refractivity contribution is -0.165. The third-order valence-electron chi connectivity index (χ3n) is 1.91. The highest BCUT2D eigenvalue weighted by atomic mass is 16.7. The molecular formula is C10H8O3. The highest BCUT2D eigenvalue weighted by molar-refractivity contribution is 5.31. The monoisotopic (exact) mass is 176 g/mol. The summed E-state index contributed by atoms with van der Waals surface area (Å²) in [4.78, 5) is 0. The molecule has 2 aliphatic heterocycles. The quantitative estimate of drug-likeness (QED) is 0.552. The van der Waals surface area contributed by atoms with Crippen LogP contribution in [0.4, 0.5) is 0 Å². The number of aliphatic hydroxyl groups is 1. The number of allylic oxidation sites excluding steroid dienone is 2. The second kappa shape index (κ2) is 2.68. The summed E-state index contributed by atoms with van der Waals surface area (Å²) in [5.74, 6) is 1.77. The van der Waals surface area contributed by atoms with Crippen LogP contribution in [0, 0.1) is 12.3 Å². The van der Waals surface area contributed by atoms with E-state index >= 15 is 0 Å². The second-order valence-corrected chi connectivity index (χ2v) is 2.76. The predicted molar refractivity (Wildman–Crippen MR) is 46.1 cm³/mol. The van der Waals surface area contributed by atoms with Crippen LogP contribution in [-0.4, -0.2) is 17.0 Å². The molecule has 0 bridgehead atoms. The van der Waals surface area contributed by atoms with Crippen LogP contribution in [0.2, 0.25) is 0 Å². The van der Waals surface area contributed by atoms with Crippen LogP contribution in [0.5, 0.6) is 0 Å². The molecule has 3 heteroatoms. The van der Waals surface area contributed by atoms with Crippen LogP contribution in [0.3, 0.4) is 0 Å². The molecule has 0 saturated carbocycles. The Morgan fingerprint density at radius 3 is 3.15 bits per heavy atom. The lowest BCUT2D eigenvalue weighted by Crippen LogP contribution is -2.37. The SMILES string of the molecule is C#C/C=C1\C=CC2(OC=CC2O)O1. The molecule has 2 atom stereocenters. The number of hydrogen-bond donors (Lipinski definition) is 1. The smallest absolute Gasteiger partial charge is 0.300 e. The molecule has 66 valence electrons. The molecule has 1 spiro atoms. The van der Waals surface area contributed by atoms with Crippen molar-refractivity contribution in [2.45, 2.75) is 11.9 Å². The largest absolute Gasteiger partial charge is 0.454 e. The summed E-state index contributed by atoms with van der Waals surface area (Å²) in [7, 11) is 0. The summed E-state index contributed by atoms with van der Waals surface area (Å²) in [6.07, 6.45) is 12.0. The Labute approximate surface area is 76.0 Å². The van der Waals surface area contributed by atoms with Gasteiger partial charge in [-0.15, -0.1) is 6.42 Å². The number of ether oxygens (including phenoxy) is 2. The van der Waals surface area contributed by atoms with Crippen LogP contribution in [0.15, 0.2) is 36.3 Å². The van der Waals surface area contributed by atoms with Crippen molar-refractivity contribution in [3.05, 3.63) is 36.3 Å². The molecular weight excluding hydrogens is 168 g/mol. The minimum atomic E-state index is -1.08. The van der Waals surface area contributed by atoms with E-state index < -0.39 is 11.9 Å². The van der Waals surface area contributed by atoms with Gasteiger partial charge < -0.3 is 14.6 Å². The van der Waals surface area contributed by atoms with Crippen LogP contribution in [-0.2, 0) is 9.47 Å². The van der Waals surface area contributed by atoms with Gasteiger partial charge in [-0.05, 0) is 12.2 Å². The fourth-order valence-electron chi connectivity index (χ4n) is 1.26. The van der Waals surface area contributed by atoms with Gasteiger partial charge >= 0.3 is 5.79 Å². The maximum Gasteiger partial charge on any atom is 0.300 e. The fraction of sp³-hybridized carbons (Fsp3) is 0.200. The molecule has 0 amide bonds. The standard InChI is InChI=1S/C10H8O3/c1-2-3-8-4-6-10(13-8)9(11)5-7-12-10/h1,3-7,9,11H/b8-3+. The van der Waals surface area contributed by atoms with E-state index in [0.29, 0.717) is 5.76 Å². The zero-order valence-corrected chi connectivity index (χ0v) is 6.81. The maximum absolute atomic E-state index is 9.50. The number of rotatable bonds is 0. The first-order chi connectivity index (χ1) is 6.27. The molecule has 0 aromatic rings. The molecule has 0 aliphatic carbocycles. The van der Waals surface area contributed by atoms with E-state index in [-0.39, 0.29) is 0 Å². The number of terminal acetylenes is 1. The van der Waals surface area contributed by atoms with Crippen LogP contribution in [0.1, 0.15) is 0 Å². The molecule has 0 radical (unpaired) electrons. The van der Waals surface area contributed by atoms with Crippen molar-refractivity contribution in [3.8, 4) is 12.3 Å². The van der Waals surface area contributed by atoms with Gasteiger partial charge in [-0.2, -0.15) is 0 Å². The van der Waals surface area contributed by atoms with E-state index in [2.05, 4.69) is 5.92 Å².